The number of aromatic hydroxyl groups is 1. The maximum atomic E-state index is 9.88. The van der Waals surface area contributed by atoms with E-state index < -0.39 is 6.04 Å². The number of hydrogen-bond acceptors (Lipinski definition) is 3. The fraction of sp³-hybridized carbons (Fsp3) is 0.500. The van der Waals surface area contributed by atoms with Crippen molar-refractivity contribution in [3.05, 3.63) is 28.8 Å². The van der Waals surface area contributed by atoms with Gasteiger partial charge in [-0.1, -0.05) is 18.5 Å². The number of nitriles is 1. The van der Waals surface area contributed by atoms with Crippen molar-refractivity contribution in [2.75, 3.05) is 13.1 Å². The van der Waals surface area contributed by atoms with Crippen molar-refractivity contribution in [1.29, 1.82) is 5.26 Å². The van der Waals surface area contributed by atoms with Gasteiger partial charge in [-0.25, -0.2) is 0 Å². The van der Waals surface area contributed by atoms with E-state index in [1.165, 1.54) is 0 Å². The standard InChI is InChI=1S/C14H17ClN2O/c1-10-4-6-17(7-5-10)13(9-16)12-8-11(15)2-3-14(12)18/h2-3,8,10,13,18H,4-7H2,1H3. The maximum Gasteiger partial charge on any atom is 0.127 e. The van der Waals surface area contributed by atoms with Gasteiger partial charge >= 0.3 is 0 Å². The molecule has 0 spiro atoms. The lowest BCUT2D eigenvalue weighted by atomic mass is 9.96. The molecule has 1 aromatic rings. The third kappa shape index (κ3) is 2.77. The first-order valence-electron chi connectivity index (χ1n) is 6.24. The number of halogens is 1. The summed E-state index contributed by atoms with van der Waals surface area (Å²) in [5.41, 5.74) is 0.611. The molecule has 1 unspecified atom stereocenters. The first-order valence-corrected chi connectivity index (χ1v) is 6.61. The lowest BCUT2D eigenvalue weighted by Gasteiger charge is -2.33. The van der Waals surface area contributed by atoms with Crippen LogP contribution in [0.3, 0.4) is 0 Å². The molecule has 1 atom stereocenters. The van der Waals surface area contributed by atoms with E-state index in [1.54, 1.807) is 18.2 Å². The summed E-state index contributed by atoms with van der Waals surface area (Å²) < 4.78 is 0. The summed E-state index contributed by atoms with van der Waals surface area (Å²) >= 11 is 5.94. The minimum atomic E-state index is -0.406. The van der Waals surface area contributed by atoms with Crippen LogP contribution >= 0.6 is 11.6 Å². The minimum Gasteiger partial charge on any atom is -0.508 e. The van der Waals surface area contributed by atoms with Crippen molar-refractivity contribution in [3.63, 3.8) is 0 Å². The summed E-state index contributed by atoms with van der Waals surface area (Å²) in [4.78, 5) is 2.12. The molecule has 3 nitrogen and oxygen atoms in total. The highest BCUT2D eigenvalue weighted by Gasteiger charge is 2.26. The highest BCUT2D eigenvalue weighted by molar-refractivity contribution is 6.30. The molecule has 0 saturated carbocycles. The van der Waals surface area contributed by atoms with Crippen LogP contribution in [0.2, 0.25) is 5.02 Å². The third-order valence-electron chi connectivity index (χ3n) is 3.59. The second kappa shape index (κ2) is 5.60. The molecule has 1 fully saturated rings. The zero-order valence-corrected chi connectivity index (χ0v) is 11.2. The van der Waals surface area contributed by atoms with E-state index in [1.807, 2.05) is 0 Å². The molecule has 18 heavy (non-hydrogen) atoms. The van der Waals surface area contributed by atoms with E-state index in [0.29, 0.717) is 16.5 Å². The predicted molar refractivity (Wildman–Crippen MR) is 71.4 cm³/mol. The lowest BCUT2D eigenvalue weighted by molar-refractivity contribution is 0.163. The summed E-state index contributed by atoms with van der Waals surface area (Å²) in [7, 11) is 0. The molecule has 1 aliphatic rings. The molecule has 1 aliphatic heterocycles. The first-order chi connectivity index (χ1) is 8.61. The summed E-state index contributed by atoms with van der Waals surface area (Å²) in [6.45, 7) is 4.02. The SMILES string of the molecule is CC1CCN(C(C#N)c2cc(Cl)ccc2O)CC1. The molecule has 0 radical (unpaired) electrons. The van der Waals surface area contributed by atoms with Crippen LogP contribution in [0.4, 0.5) is 0 Å². The Morgan fingerprint density at radius 1 is 1.44 bits per heavy atom. The average molecular weight is 265 g/mol. The number of hydrogen-bond donors (Lipinski definition) is 1. The second-order valence-corrected chi connectivity index (χ2v) is 5.39. The second-order valence-electron chi connectivity index (χ2n) is 4.95. The van der Waals surface area contributed by atoms with Crippen molar-refractivity contribution >= 4 is 11.6 Å². The Hall–Kier alpha value is -1.24. The van der Waals surface area contributed by atoms with Gasteiger partial charge in [-0.05, 0) is 50.0 Å². The number of likely N-dealkylation sites (tertiary alicyclic amines) is 1. The largest absolute Gasteiger partial charge is 0.508 e. The van der Waals surface area contributed by atoms with Crippen LogP contribution < -0.4 is 0 Å². The summed E-state index contributed by atoms with van der Waals surface area (Å²) in [5.74, 6) is 0.859. The van der Waals surface area contributed by atoms with Crippen LogP contribution in [0.15, 0.2) is 18.2 Å². The number of rotatable bonds is 2. The van der Waals surface area contributed by atoms with E-state index in [2.05, 4.69) is 17.9 Å². The Kier molecular flexibility index (Phi) is 4.11. The zero-order chi connectivity index (χ0) is 13.1. The van der Waals surface area contributed by atoms with Gasteiger partial charge in [-0.3, -0.25) is 4.90 Å². The van der Waals surface area contributed by atoms with Crippen molar-refractivity contribution in [3.8, 4) is 11.8 Å². The Labute approximate surface area is 113 Å². The molecule has 96 valence electrons. The fourth-order valence-electron chi connectivity index (χ4n) is 2.38. The van der Waals surface area contributed by atoms with E-state index in [4.69, 9.17) is 11.6 Å². The van der Waals surface area contributed by atoms with Crippen LogP contribution in [-0.4, -0.2) is 23.1 Å². The van der Waals surface area contributed by atoms with E-state index in [0.717, 1.165) is 25.9 Å². The fourth-order valence-corrected chi connectivity index (χ4v) is 2.56. The molecule has 0 aliphatic carbocycles. The molecular formula is C14H17ClN2O. The Balaban J connectivity index is 2.23. The van der Waals surface area contributed by atoms with Gasteiger partial charge in [-0.15, -0.1) is 0 Å². The van der Waals surface area contributed by atoms with Gasteiger partial charge in [0, 0.05) is 10.6 Å². The number of nitrogens with zero attached hydrogens (tertiary/aromatic N) is 2. The highest BCUT2D eigenvalue weighted by atomic mass is 35.5. The van der Waals surface area contributed by atoms with Crippen LogP contribution in [0.25, 0.3) is 0 Å². The van der Waals surface area contributed by atoms with Crippen molar-refractivity contribution in [2.24, 2.45) is 5.92 Å². The van der Waals surface area contributed by atoms with Gasteiger partial charge in [0.2, 0.25) is 0 Å². The molecular weight excluding hydrogens is 248 g/mol. The molecule has 4 heteroatoms. The number of phenolic OH excluding ortho intramolecular Hbond substituents is 1. The monoisotopic (exact) mass is 264 g/mol. The molecule has 0 aromatic heterocycles. The van der Waals surface area contributed by atoms with Gasteiger partial charge < -0.3 is 5.11 Å². The van der Waals surface area contributed by atoms with Crippen molar-refractivity contribution < 1.29 is 5.11 Å². The van der Waals surface area contributed by atoms with Gasteiger partial charge in [0.15, 0.2) is 0 Å². The molecule has 0 amide bonds. The third-order valence-corrected chi connectivity index (χ3v) is 3.82. The molecule has 1 heterocycles. The van der Waals surface area contributed by atoms with Crippen molar-refractivity contribution in [1.82, 2.24) is 4.90 Å². The predicted octanol–water partition coefficient (Wildman–Crippen LogP) is 3.34. The smallest absolute Gasteiger partial charge is 0.127 e. The Morgan fingerprint density at radius 3 is 2.72 bits per heavy atom. The van der Waals surface area contributed by atoms with Crippen molar-refractivity contribution in [2.45, 2.75) is 25.8 Å². The quantitative estimate of drug-likeness (QED) is 0.891. The lowest BCUT2D eigenvalue weighted by Crippen LogP contribution is -2.35. The Morgan fingerprint density at radius 2 is 2.11 bits per heavy atom. The molecule has 1 N–H and O–H groups in total. The molecule has 1 aromatic carbocycles. The van der Waals surface area contributed by atoms with Gasteiger partial charge in [0.1, 0.15) is 11.8 Å². The van der Waals surface area contributed by atoms with E-state index in [-0.39, 0.29) is 5.75 Å². The van der Waals surface area contributed by atoms with Crippen LogP contribution in [0.1, 0.15) is 31.4 Å². The number of piperidine rings is 1. The number of phenols is 1. The summed E-state index contributed by atoms with van der Waals surface area (Å²) in [5, 5.41) is 19.8. The normalized spacial score (nSPS) is 19.4. The number of benzene rings is 1. The molecule has 1 saturated heterocycles. The van der Waals surface area contributed by atoms with Crippen LogP contribution in [0.5, 0.6) is 5.75 Å². The van der Waals surface area contributed by atoms with Gasteiger partial charge in [0.25, 0.3) is 0 Å². The first kappa shape index (κ1) is 13.2. The molecule has 2 rings (SSSR count). The molecule has 0 bridgehead atoms. The topological polar surface area (TPSA) is 47.3 Å². The summed E-state index contributed by atoms with van der Waals surface area (Å²) in [6.07, 6.45) is 2.19. The average Bonchev–Trinajstić information content (AvgIpc) is 2.37. The zero-order valence-electron chi connectivity index (χ0n) is 10.4. The van der Waals surface area contributed by atoms with Gasteiger partial charge in [-0.2, -0.15) is 5.26 Å². The Bertz CT molecular complexity index is 461. The minimum absolute atomic E-state index is 0.143. The van der Waals surface area contributed by atoms with Gasteiger partial charge in [0.05, 0.1) is 6.07 Å². The maximum absolute atomic E-state index is 9.88. The van der Waals surface area contributed by atoms with E-state index in [9.17, 15) is 10.4 Å². The van der Waals surface area contributed by atoms with Crippen LogP contribution in [0, 0.1) is 17.2 Å². The summed E-state index contributed by atoms with van der Waals surface area (Å²) in [6, 6.07) is 6.74. The van der Waals surface area contributed by atoms with E-state index >= 15 is 0 Å². The highest BCUT2D eigenvalue weighted by Crippen LogP contribution is 2.33. The van der Waals surface area contributed by atoms with Crippen LogP contribution in [-0.2, 0) is 0 Å².